The Hall–Kier alpha value is -3.36. The third-order valence-corrected chi connectivity index (χ3v) is 6.97. The fourth-order valence-electron chi connectivity index (χ4n) is 3.48. The van der Waals surface area contributed by atoms with Crippen molar-refractivity contribution >= 4 is 56.5 Å². The molecule has 1 aliphatic rings. The van der Waals surface area contributed by atoms with Crippen molar-refractivity contribution < 1.29 is 19.1 Å². The molecule has 1 saturated heterocycles. The third-order valence-electron chi connectivity index (χ3n) is 5.53. The van der Waals surface area contributed by atoms with Crippen molar-refractivity contribution in [1.29, 1.82) is 0 Å². The first kappa shape index (κ1) is 24.8. The van der Waals surface area contributed by atoms with Crippen molar-refractivity contribution in [3.05, 3.63) is 98.4 Å². The average Bonchev–Trinajstić information content (AvgIpc) is 3.09. The summed E-state index contributed by atoms with van der Waals surface area (Å²) in [7, 11) is 0. The predicted molar refractivity (Wildman–Crippen MR) is 142 cm³/mol. The number of nitrogens with zero attached hydrogens (tertiary/aromatic N) is 1. The van der Waals surface area contributed by atoms with Gasteiger partial charge in [-0.25, -0.2) is 0 Å². The Morgan fingerprint density at radius 3 is 2.57 bits per heavy atom. The van der Waals surface area contributed by atoms with Gasteiger partial charge < -0.3 is 10.1 Å². The summed E-state index contributed by atoms with van der Waals surface area (Å²) in [6, 6.07) is 20.3. The van der Waals surface area contributed by atoms with E-state index in [-0.39, 0.29) is 30.2 Å². The number of carbonyl (C=O) groups excluding carboxylic acids is 3. The van der Waals surface area contributed by atoms with E-state index in [9.17, 15) is 14.4 Å². The van der Waals surface area contributed by atoms with Crippen LogP contribution in [0.2, 0.25) is 0 Å². The van der Waals surface area contributed by atoms with Gasteiger partial charge in [-0.1, -0.05) is 52.3 Å². The van der Waals surface area contributed by atoms with Gasteiger partial charge in [-0.05, 0) is 84.3 Å². The molecule has 0 radical (unpaired) electrons. The normalized spacial score (nSPS) is 14.5. The summed E-state index contributed by atoms with van der Waals surface area (Å²) in [5.74, 6) is -0.107. The molecule has 35 heavy (non-hydrogen) atoms. The Balaban J connectivity index is 1.39. The molecule has 0 aliphatic carbocycles. The van der Waals surface area contributed by atoms with E-state index in [4.69, 9.17) is 4.74 Å². The van der Waals surface area contributed by atoms with Crippen molar-refractivity contribution in [3.8, 4) is 5.75 Å². The highest BCUT2D eigenvalue weighted by atomic mass is 79.9. The van der Waals surface area contributed by atoms with E-state index >= 15 is 0 Å². The van der Waals surface area contributed by atoms with Gasteiger partial charge in [0.25, 0.3) is 17.1 Å². The SMILES string of the molecule is Cc1cccc(NC(=O)COc2cccc(/C=C3\SC(=O)N(Cc4ccc(Br)cc4)C3=O)c2)c1C. The van der Waals surface area contributed by atoms with Gasteiger partial charge in [-0.15, -0.1) is 0 Å². The number of nitrogens with one attached hydrogen (secondary N) is 1. The van der Waals surface area contributed by atoms with Crippen LogP contribution in [0, 0.1) is 13.8 Å². The summed E-state index contributed by atoms with van der Waals surface area (Å²) in [5.41, 5.74) is 4.43. The minimum atomic E-state index is -0.331. The van der Waals surface area contributed by atoms with Crippen LogP contribution < -0.4 is 10.1 Å². The molecule has 1 fully saturated rings. The summed E-state index contributed by atoms with van der Waals surface area (Å²) in [6.45, 7) is 4.01. The molecule has 3 aromatic carbocycles. The van der Waals surface area contributed by atoms with Gasteiger partial charge >= 0.3 is 0 Å². The molecule has 3 amide bonds. The number of hydrogen-bond acceptors (Lipinski definition) is 5. The fraction of sp³-hybridized carbons (Fsp3) is 0.148. The molecule has 1 heterocycles. The van der Waals surface area contributed by atoms with Gasteiger partial charge in [0.1, 0.15) is 5.75 Å². The second kappa shape index (κ2) is 10.9. The van der Waals surface area contributed by atoms with E-state index < -0.39 is 0 Å². The second-order valence-electron chi connectivity index (χ2n) is 8.05. The first-order valence-corrected chi connectivity index (χ1v) is 12.5. The van der Waals surface area contributed by atoms with Gasteiger partial charge in [0.15, 0.2) is 6.61 Å². The molecule has 1 aliphatic heterocycles. The Labute approximate surface area is 216 Å². The van der Waals surface area contributed by atoms with Gasteiger partial charge in [-0.2, -0.15) is 0 Å². The zero-order valence-electron chi connectivity index (χ0n) is 19.2. The quantitative estimate of drug-likeness (QED) is 0.348. The number of carbonyl (C=O) groups is 3. The molecule has 4 rings (SSSR count). The summed E-state index contributed by atoms with van der Waals surface area (Å²) in [5, 5.41) is 2.56. The lowest BCUT2D eigenvalue weighted by molar-refractivity contribution is -0.123. The van der Waals surface area contributed by atoms with Crippen LogP contribution in [0.15, 0.2) is 76.1 Å². The molecule has 0 unspecified atom stereocenters. The highest BCUT2D eigenvalue weighted by Crippen LogP contribution is 2.33. The lowest BCUT2D eigenvalue weighted by Crippen LogP contribution is -2.27. The van der Waals surface area contributed by atoms with Crippen LogP contribution in [0.5, 0.6) is 5.75 Å². The molecule has 6 nitrogen and oxygen atoms in total. The molecule has 0 spiro atoms. The summed E-state index contributed by atoms with van der Waals surface area (Å²) in [6.07, 6.45) is 1.66. The number of rotatable bonds is 7. The number of hydrogen-bond donors (Lipinski definition) is 1. The first-order valence-electron chi connectivity index (χ1n) is 10.9. The van der Waals surface area contributed by atoms with Crippen molar-refractivity contribution in [2.24, 2.45) is 0 Å². The Morgan fingerprint density at radius 2 is 1.80 bits per heavy atom. The fourth-order valence-corrected chi connectivity index (χ4v) is 4.58. The van der Waals surface area contributed by atoms with E-state index in [1.54, 1.807) is 24.3 Å². The summed E-state index contributed by atoms with van der Waals surface area (Å²) in [4.78, 5) is 39.2. The van der Waals surface area contributed by atoms with Crippen molar-refractivity contribution in [1.82, 2.24) is 4.90 Å². The van der Waals surface area contributed by atoms with E-state index in [0.717, 1.165) is 38.6 Å². The van der Waals surface area contributed by atoms with Gasteiger partial charge in [0.05, 0.1) is 11.4 Å². The lowest BCUT2D eigenvalue weighted by atomic mass is 10.1. The van der Waals surface area contributed by atoms with E-state index in [1.807, 2.05) is 62.4 Å². The summed E-state index contributed by atoms with van der Waals surface area (Å²) >= 11 is 4.29. The molecule has 0 bridgehead atoms. The van der Waals surface area contributed by atoms with Crippen molar-refractivity contribution in [2.45, 2.75) is 20.4 Å². The number of halogens is 1. The number of ether oxygens (including phenoxy) is 1. The van der Waals surface area contributed by atoms with Gasteiger partial charge in [0.2, 0.25) is 0 Å². The third kappa shape index (κ3) is 6.21. The first-order chi connectivity index (χ1) is 16.8. The molecule has 0 atom stereocenters. The predicted octanol–water partition coefficient (Wildman–Crippen LogP) is 6.32. The number of amides is 3. The largest absolute Gasteiger partial charge is 0.484 e. The maximum absolute atomic E-state index is 12.8. The smallest absolute Gasteiger partial charge is 0.293 e. The monoisotopic (exact) mass is 550 g/mol. The highest BCUT2D eigenvalue weighted by Gasteiger charge is 2.34. The minimum Gasteiger partial charge on any atom is -0.484 e. The van der Waals surface area contributed by atoms with Gasteiger partial charge in [-0.3, -0.25) is 19.3 Å². The zero-order chi connectivity index (χ0) is 24.9. The van der Waals surface area contributed by atoms with Crippen LogP contribution in [-0.4, -0.2) is 28.6 Å². The van der Waals surface area contributed by atoms with Crippen LogP contribution in [-0.2, 0) is 16.1 Å². The van der Waals surface area contributed by atoms with Crippen LogP contribution in [0.25, 0.3) is 6.08 Å². The highest BCUT2D eigenvalue weighted by molar-refractivity contribution is 9.10. The molecule has 178 valence electrons. The van der Waals surface area contributed by atoms with Crippen LogP contribution in [0.1, 0.15) is 22.3 Å². The molecular formula is C27H23BrN2O4S. The number of imide groups is 1. The Bertz CT molecular complexity index is 1320. The van der Waals surface area contributed by atoms with E-state index in [1.165, 1.54) is 4.90 Å². The van der Waals surface area contributed by atoms with Crippen LogP contribution in [0.3, 0.4) is 0 Å². The lowest BCUT2D eigenvalue weighted by Gasteiger charge is -2.12. The van der Waals surface area contributed by atoms with Crippen molar-refractivity contribution in [3.63, 3.8) is 0 Å². The topological polar surface area (TPSA) is 75.7 Å². The Kier molecular flexibility index (Phi) is 7.73. The maximum Gasteiger partial charge on any atom is 0.293 e. The molecule has 3 aromatic rings. The van der Waals surface area contributed by atoms with Gasteiger partial charge in [0, 0.05) is 10.2 Å². The van der Waals surface area contributed by atoms with E-state index in [2.05, 4.69) is 21.2 Å². The number of benzene rings is 3. The van der Waals surface area contributed by atoms with Crippen LogP contribution >= 0.6 is 27.7 Å². The number of aryl methyl sites for hydroxylation is 1. The maximum atomic E-state index is 12.8. The minimum absolute atomic E-state index is 0.152. The molecule has 0 aromatic heterocycles. The van der Waals surface area contributed by atoms with Crippen LogP contribution in [0.4, 0.5) is 10.5 Å². The molecular weight excluding hydrogens is 528 g/mol. The van der Waals surface area contributed by atoms with E-state index in [0.29, 0.717) is 16.2 Å². The second-order valence-corrected chi connectivity index (χ2v) is 9.96. The Morgan fingerprint density at radius 1 is 1.06 bits per heavy atom. The zero-order valence-corrected chi connectivity index (χ0v) is 21.6. The number of anilines is 1. The van der Waals surface area contributed by atoms with Crippen molar-refractivity contribution in [2.75, 3.05) is 11.9 Å². The standard InChI is InChI=1S/C27H23BrN2O4S/c1-17-5-3-8-23(18(17)2)29-25(31)16-34-22-7-4-6-20(13-22)14-24-26(32)30(27(33)35-24)15-19-9-11-21(28)12-10-19/h3-14H,15-16H2,1-2H3,(H,29,31)/b24-14-. The average molecular weight is 551 g/mol. The molecule has 0 saturated carbocycles. The molecule has 1 N–H and O–H groups in total. The molecule has 8 heteroatoms. The number of thioether (sulfide) groups is 1. The summed E-state index contributed by atoms with van der Waals surface area (Å²) < 4.78 is 6.59.